The number of nitrogens with one attached hydrogen (secondary N) is 1. The van der Waals surface area contributed by atoms with Crippen molar-refractivity contribution in [3.05, 3.63) is 34.9 Å². The highest BCUT2D eigenvalue weighted by Gasteiger charge is 2.11. The standard InChI is InChI=1S/C13H13ClN2/c14-11-6-3-5-9-8-10-4-1-2-7-15-13(10)16-12(9)11/h3,5-6,8H,1-2,4,7H2,(H,15,16). The summed E-state index contributed by atoms with van der Waals surface area (Å²) >= 11 is 6.15. The fraction of sp³-hybridized carbons (Fsp3) is 0.308. The maximum absolute atomic E-state index is 6.15. The van der Waals surface area contributed by atoms with Crippen LogP contribution in [0.3, 0.4) is 0 Å². The minimum Gasteiger partial charge on any atom is -0.370 e. The fourth-order valence-corrected chi connectivity index (χ4v) is 2.42. The number of halogens is 1. The Labute approximate surface area is 99.6 Å². The number of hydrogen-bond acceptors (Lipinski definition) is 2. The Hall–Kier alpha value is -1.28. The highest BCUT2D eigenvalue weighted by atomic mass is 35.5. The van der Waals surface area contributed by atoms with E-state index in [0.717, 1.165) is 34.7 Å². The number of para-hydroxylation sites is 1. The minimum atomic E-state index is 0.728. The van der Waals surface area contributed by atoms with Gasteiger partial charge in [0.1, 0.15) is 5.82 Å². The SMILES string of the molecule is Clc1cccc2cc3c(nc12)NCCCC3. The summed E-state index contributed by atoms with van der Waals surface area (Å²) in [7, 11) is 0. The van der Waals surface area contributed by atoms with Gasteiger partial charge >= 0.3 is 0 Å². The lowest BCUT2D eigenvalue weighted by molar-refractivity contribution is 0.786. The van der Waals surface area contributed by atoms with Gasteiger partial charge < -0.3 is 5.32 Å². The van der Waals surface area contributed by atoms with Crippen LogP contribution >= 0.6 is 11.6 Å². The molecule has 0 amide bonds. The van der Waals surface area contributed by atoms with Gasteiger partial charge in [-0.1, -0.05) is 23.7 Å². The summed E-state index contributed by atoms with van der Waals surface area (Å²) in [5, 5.41) is 5.24. The van der Waals surface area contributed by atoms with Crippen molar-refractivity contribution >= 4 is 28.3 Å². The molecule has 0 atom stereocenters. The second-order valence-electron chi connectivity index (χ2n) is 4.19. The molecule has 0 saturated carbocycles. The van der Waals surface area contributed by atoms with E-state index in [0.29, 0.717) is 0 Å². The van der Waals surface area contributed by atoms with Crippen LogP contribution in [0.2, 0.25) is 5.02 Å². The highest BCUT2D eigenvalue weighted by Crippen LogP contribution is 2.28. The maximum atomic E-state index is 6.15. The molecule has 0 radical (unpaired) electrons. The van der Waals surface area contributed by atoms with Gasteiger partial charge in [-0.25, -0.2) is 4.98 Å². The molecule has 1 aliphatic rings. The van der Waals surface area contributed by atoms with Crippen molar-refractivity contribution in [3.8, 4) is 0 Å². The van der Waals surface area contributed by atoms with Crippen molar-refractivity contribution in [2.24, 2.45) is 0 Å². The lowest BCUT2D eigenvalue weighted by atomic mass is 10.1. The van der Waals surface area contributed by atoms with Crippen molar-refractivity contribution in [2.75, 3.05) is 11.9 Å². The number of pyridine rings is 1. The second-order valence-corrected chi connectivity index (χ2v) is 4.60. The monoisotopic (exact) mass is 232 g/mol. The van der Waals surface area contributed by atoms with Crippen LogP contribution in [-0.4, -0.2) is 11.5 Å². The molecular weight excluding hydrogens is 220 g/mol. The van der Waals surface area contributed by atoms with Crippen molar-refractivity contribution in [2.45, 2.75) is 19.3 Å². The molecule has 0 saturated heterocycles. The fourth-order valence-electron chi connectivity index (χ4n) is 2.20. The van der Waals surface area contributed by atoms with E-state index >= 15 is 0 Å². The Bertz CT molecular complexity index is 537. The molecule has 0 spiro atoms. The molecule has 16 heavy (non-hydrogen) atoms. The van der Waals surface area contributed by atoms with Crippen molar-refractivity contribution in [1.29, 1.82) is 0 Å². The third kappa shape index (κ3) is 1.63. The first-order valence-electron chi connectivity index (χ1n) is 5.66. The number of benzene rings is 1. The molecule has 0 fully saturated rings. The van der Waals surface area contributed by atoms with Crippen molar-refractivity contribution in [1.82, 2.24) is 4.98 Å². The predicted octanol–water partition coefficient (Wildman–Crippen LogP) is 3.64. The molecule has 3 heteroatoms. The molecule has 82 valence electrons. The third-order valence-corrected chi connectivity index (χ3v) is 3.35. The summed E-state index contributed by atoms with van der Waals surface area (Å²) in [4.78, 5) is 4.63. The minimum absolute atomic E-state index is 0.728. The Morgan fingerprint density at radius 2 is 2.19 bits per heavy atom. The summed E-state index contributed by atoms with van der Waals surface area (Å²) in [6.45, 7) is 1.01. The lowest BCUT2D eigenvalue weighted by Crippen LogP contribution is -2.02. The number of nitrogens with zero attached hydrogens (tertiary/aromatic N) is 1. The van der Waals surface area contributed by atoms with Crippen LogP contribution in [0.4, 0.5) is 5.82 Å². The van der Waals surface area contributed by atoms with Crippen LogP contribution in [0.25, 0.3) is 10.9 Å². The molecule has 1 aromatic heterocycles. The van der Waals surface area contributed by atoms with Crippen LogP contribution in [0.15, 0.2) is 24.3 Å². The first-order chi connectivity index (χ1) is 7.84. The molecule has 3 rings (SSSR count). The van der Waals surface area contributed by atoms with Gasteiger partial charge in [-0.15, -0.1) is 0 Å². The first-order valence-corrected chi connectivity index (χ1v) is 6.04. The average Bonchev–Trinajstić information content (AvgIpc) is 2.52. The Kier molecular flexibility index (Phi) is 2.44. The van der Waals surface area contributed by atoms with Gasteiger partial charge in [-0.05, 0) is 37.0 Å². The maximum Gasteiger partial charge on any atom is 0.129 e. The number of anilines is 1. The molecular formula is C13H13ClN2. The molecule has 1 aromatic carbocycles. The molecule has 1 N–H and O–H groups in total. The van der Waals surface area contributed by atoms with Gasteiger partial charge in [0, 0.05) is 11.9 Å². The van der Waals surface area contributed by atoms with Gasteiger partial charge in [0.05, 0.1) is 10.5 Å². The zero-order chi connectivity index (χ0) is 11.0. The van der Waals surface area contributed by atoms with Gasteiger partial charge in [0.25, 0.3) is 0 Å². The quantitative estimate of drug-likeness (QED) is 0.750. The molecule has 0 unspecified atom stereocenters. The summed E-state index contributed by atoms with van der Waals surface area (Å²) in [6.07, 6.45) is 3.55. The number of fused-ring (bicyclic) bond motifs is 2. The van der Waals surface area contributed by atoms with E-state index in [-0.39, 0.29) is 0 Å². The van der Waals surface area contributed by atoms with Crippen molar-refractivity contribution in [3.63, 3.8) is 0 Å². The van der Waals surface area contributed by atoms with E-state index < -0.39 is 0 Å². The first kappa shape index (κ1) is 9.91. The van der Waals surface area contributed by atoms with Crippen LogP contribution in [-0.2, 0) is 6.42 Å². The topological polar surface area (TPSA) is 24.9 Å². The molecule has 0 aliphatic carbocycles. The van der Waals surface area contributed by atoms with E-state index in [4.69, 9.17) is 11.6 Å². The average molecular weight is 233 g/mol. The summed E-state index contributed by atoms with van der Waals surface area (Å²) in [5.41, 5.74) is 2.21. The smallest absolute Gasteiger partial charge is 0.129 e. The van der Waals surface area contributed by atoms with Crippen LogP contribution < -0.4 is 5.32 Å². The number of rotatable bonds is 0. The van der Waals surface area contributed by atoms with Crippen LogP contribution in [0.5, 0.6) is 0 Å². The summed E-state index contributed by atoms with van der Waals surface area (Å²) in [6, 6.07) is 8.14. The highest BCUT2D eigenvalue weighted by molar-refractivity contribution is 6.35. The van der Waals surface area contributed by atoms with Gasteiger partial charge in [0.2, 0.25) is 0 Å². The number of aryl methyl sites for hydroxylation is 1. The van der Waals surface area contributed by atoms with Gasteiger partial charge in [-0.2, -0.15) is 0 Å². The third-order valence-electron chi connectivity index (χ3n) is 3.04. The van der Waals surface area contributed by atoms with E-state index in [1.807, 2.05) is 12.1 Å². The van der Waals surface area contributed by atoms with E-state index in [1.165, 1.54) is 18.4 Å². The normalized spacial score (nSPS) is 15.3. The molecule has 1 aliphatic heterocycles. The largest absolute Gasteiger partial charge is 0.370 e. The molecule has 2 aromatic rings. The van der Waals surface area contributed by atoms with Crippen molar-refractivity contribution < 1.29 is 0 Å². The van der Waals surface area contributed by atoms with Gasteiger partial charge in [0.15, 0.2) is 0 Å². The predicted molar refractivity (Wildman–Crippen MR) is 68.2 cm³/mol. The summed E-state index contributed by atoms with van der Waals surface area (Å²) < 4.78 is 0. The number of hydrogen-bond donors (Lipinski definition) is 1. The lowest BCUT2D eigenvalue weighted by Gasteiger charge is -2.09. The van der Waals surface area contributed by atoms with E-state index in [2.05, 4.69) is 22.4 Å². The van der Waals surface area contributed by atoms with Crippen LogP contribution in [0.1, 0.15) is 18.4 Å². The Morgan fingerprint density at radius 1 is 1.25 bits per heavy atom. The zero-order valence-corrected chi connectivity index (χ0v) is 9.72. The van der Waals surface area contributed by atoms with E-state index in [1.54, 1.807) is 0 Å². The molecule has 2 nitrogen and oxygen atoms in total. The second kappa shape index (κ2) is 3.95. The van der Waals surface area contributed by atoms with Crippen LogP contribution in [0, 0.1) is 0 Å². The number of aromatic nitrogens is 1. The zero-order valence-electron chi connectivity index (χ0n) is 8.96. The Morgan fingerprint density at radius 3 is 3.12 bits per heavy atom. The molecule has 0 bridgehead atoms. The Balaban J connectivity index is 2.24. The van der Waals surface area contributed by atoms with E-state index in [9.17, 15) is 0 Å². The summed E-state index contributed by atoms with van der Waals surface area (Å²) in [5.74, 6) is 1.01. The van der Waals surface area contributed by atoms with Gasteiger partial charge in [-0.3, -0.25) is 0 Å². The molecule has 2 heterocycles.